The fourth-order valence-corrected chi connectivity index (χ4v) is 2.77. The molecule has 0 bridgehead atoms. The van der Waals surface area contributed by atoms with E-state index >= 15 is 0 Å². The van der Waals surface area contributed by atoms with Crippen LogP contribution in [0.1, 0.15) is 70.1 Å². The average molecular weight is 278 g/mol. The van der Waals surface area contributed by atoms with E-state index in [4.69, 9.17) is 5.11 Å². The number of unbranched alkanes of at least 4 members (excludes halogenated alkanes) is 2. The largest absolute Gasteiger partial charge is 0.507 e. The van der Waals surface area contributed by atoms with E-state index in [1.165, 1.54) is 19.3 Å². The van der Waals surface area contributed by atoms with Crippen LogP contribution in [0.2, 0.25) is 0 Å². The molecule has 2 nitrogen and oxygen atoms in total. The first kappa shape index (κ1) is 17.0. The zero-order valence-electron chi connectivity index (χ0n) is 13.5. The van der Waals surface area contributed by atoms with Gasteiger partial charge in [-0.25, -0.2) is 0 Å². The lowest BCUT2D eigenvalue weighted by Crippen LogP contribution is -2.18. The Hall–Kier alpha value is -1.02. The number of phenols is 1. The number of aliphatic hydroxyl groups excluding tert-OH is 1. The zero-order chi connectivity index (χ0) is 15.2. The van der Waals surface area contributed by atoms with Crippen molar-refractivity contribution in [1.29, 1.82) is 0 Å². The Morgan fingerprint density at radius 3 is 2.35 bits per heavy atom. The van der Waals surface area contributed by atoms with Crippen LogP contribution in [-0.2, 0) is 18.3 Å². The first-order valence-corrected chi connectivity index (χ1v) is 7.92. The first-order chi connectivity index (χ1) is 9.46. The number of hydrogen-bond donors (Lipinski definition) is 2. The topological polar surface area (TPSA) is 40.5 Å². The highest BCUT2D eigenvalue weighted by molar-refractivity contribution is 5.47. The monoisotopic (exact) mass is 278 g/mol. The minimum Gasteiger partial charge on any atom is -0.507 e. The van der Waals surface area contributed by atoms with Crippen LogP contribution >= 0.6 is 0 Å². The second-order valence-corrected chi connectivity index (χ2v) is 6.32. The summed E-state index contributed by atoms with van der Waals surface area (Å²) < 4.78 is 0. The minimum atomic E-state index is -0.0192. The Kier molecular flexibility index (Phi) is 6.54. The number of benzene rings is 1. The van der Waals surface area contributed by atoms with E-state index in [2.05, 4.69) is 33.8 Å². The molecule has 0 saturated heterocycles. The highest BCUT2D eigenvalue weighted by Crippen LogP contribution is 2.38. The standard InChI is InChI=1S/C18H30O2/c1-5-7-8-10-18(3,4)16-13-14(9-11-19)12-15(6-2)17(16)20/h12-13,19-20H,5-11H2,1-4H3. The minimum absolute atomic E-state index is 0.0192. The Labute approximate surface area is 123 Å². The van der Waals surface area contributed by atoms with Crippen LogP contribution in [0.25, 0.3) is 0 Å². The Balaban J connectivity index is 3.10. The van der Waals surface area contributed by atoms with E-state index in [9.17, 15) is 5.11 Å². The third kappa shape index (κ3) is 4.24. The number of hydrogen-bond acceptors (Lipinski definition) is 2. The van der Waals surface area contributed by atoms with Crippen LogP contribution in [0.4, 0.5) is 0 Å². The molecule has 1 rings (SSSR count). The maximum absolute atomic E-state index is 10.5. The van der Waals surface area contributed by atoms with Crippen LogP contribution in [0.15, 0.2) is 12.1 Å². The summed E-state index contributed by atoms with van der Waals surface area (Å²) in [5, 5.41) is 19.7. The number of aryl methyl sites for hydroxylation is 1. The molecule has 0 fully saturated rings. The predicted octanol–water partition coefficient (Wildman–Crippen LogP) is 4.35. The normalized spacial score (nSPS) is 11.8. The van der Waals surface area contributed by atoms with E-state index in [0.29, 0.717) is 12.2 Å². The van der Waals surface area contributed by atoms with E-state index in [-0.39, 0.29) is 12.0 Å². The second-order valence-electron chi connectivity index (χ2n) is 6.32. The average Bonchev–Trinajstić information content (AvgIpc) is 2.40. The van der Waals surface area contributed by atoms with E-state index < -0.39 is 0 Å². The molecule has 0 spiro atoms. The molecule has 0 aliphatic carbocycles. The van der Waals surface area contributed by atoms with Gasteiger partial charge < -0.3 is 10.2 Å². The molecule has 0 radical (unpaired) electrons. The summed E-state index contributed by atoms with van der Waals surface area (Å²) in [6.45, 7) is 8.84. The maximum Gasteiger partial charge on any atom is 0.122 e. The molecule has 20 heavy (non-hydrogen) atoms. The molecule has 1 aromatic rings. The summed E-state index contributed by atoms with van der Waals surface area (Å²) >= 11 is 0. The zero-order valence-corrected chi connectivity index (χ0v) is 13.5. The van der Waals surface area contributed by atoms with Crippen molar-refractivity contribution in [3.05, 3.63) is 28.8 Å². The Morgan fingerprint density at radius 2 is 1.80 bits per heavy atom. The van der Waals surface area contributed by atoms with Crippen molar-refractivity contribution < 1.29 is 10.2 Å². The van der Waals surface area contributed by atoms with Gasteiger partial charge in [-0.1, -0.05) is 59.1 Å². The van der Waals surface area contributed by atoms with Crippen molar-refractivity contribution in [1.82, 2.24) is 0 Å². The molecule has 0 unspecified atom stereocenters. The lowest BCUT2D eigenvalue weighted by Gasteiger charge is -2.28. The predicted molar refractivity (Wildman–Crippen MR) is 85.4 cm³/mol. The molecule has 2 heteroatoms. The summed E-state index contributed by atoms with van der Waals surface area (Å²) in [6, 6.07) is 4.10. The molecule has 0 atom stereocenters. The summed E-state index contributed by atoms with van der Waals surface area (Å²) in [5.41, 5.74) is 3.14. The van der Waals surface area contributed by atoms with Gasteiger partial charge in [-0.15, -0.1) is 0 Å². The SMILES string of the molecule is CCCCCC(C)(C)c1cc(CCO)cc(CC)c1O. The van der Waals surface area contributed by atoms with Crippen molar-refractivity contribution >= 4 is 0 Å². The Bertz CT molecular complexity index is 422. The van der Waals surface area contributed by atoms with Gasteiger partial charge in [0, 0.05) is 12.2 Å². The van der Waals surface area contributed by atoms with Crippen LogP contribution in [0.5, 0.6) is 5.75 Å². The smallest absolute Gasteiger partial charge is 0.122 e. The van der Waals surface area contributed by atoms with Gasteiger partial charge in [-0.2, -0.15) is 0 Å². The van der Waals surface area contributed by atoms with Crippen LogP contribution in [0.3, 0.4) is 0 Å². The van der Waals surface area contributed by atoms with Gasteiger partial charge >= 0.3 is 0 Å². The highest BCUT2D eigenvalue weighted by atomic mass is 16.3. The molecule has 0 aromatic heterocycles. The molecule has 0 heterocycles. The molecule has 2 N–H and O–H groups in total. The summed E-state index contributed by atoms with van der Waals surface area (Å²) in [4.78, 5) is 0. The molecular weight excluding hydrogens is 248 g/mol. The highest BCUT2D eigenvalue weighted by Gasteiger charge is 2.25. The molecule has 0 aliphatic heterocycles. The lowest BCUT2D eigenvalue weighted by atomic mass is 9.77. The van der Waals surface area contributed by atoms with E-state index in [1.807, 2.05) is 6.07 Å². The fraction of sp³-hybridized carbons (Fsp3) is 0.667. The van der Waals surface area contributed by atoms with Crippen molar-refractivity contribution in [3.8, 4) is 5.75 Å². The van der Waals surface area contributed by atoms with Gasteiger partial charge in [-0.3, -0.25) is 0 Å². The summed E-state index contributed by atoms with van der Waals surface area (Å²) in [7, 11) is 0. The van der Waals surface area contributed by atoms with Crippen LogP contribution < -0.4 is 0 Å². The quantitative estimate of drug-likeness (QED) is 0.694. The van der Waals surface area contributed by atoms with Gasteiger partial charge in [-0.05, 0) is 35.8 Å². The molecular formula is C18H30O2. The van der Waals surface area contributed by atoms with Crippen molar-refractivity contribution in [2.45, 2.75) is 71.6 Å². The van der Waals surface area contributed by atoms with Crippen molar-refractivity contribution in [2.75, 3.05) is 6.61 Å². The number of rotatable bonds is 8. The molecule has 114 valence electrons. The third-order valence-electron chi connectivity index (χ3n) is 4.16. The second kappa shape index (κ2) is 7.68. The maximum atomic E-state index is 10.5. The van der Waals surface area contributed by atoms with Crippen LogP contribution in [-0.4, -0.2) is 16.8 Å². The first-order valence-electron chi connectivity index (χ1n) is 7.92. The van der Waals surface area contributed by atoms with Crippen molar-refractivity contribution in [3.63, 3.8) is 0 Å². The molecule has 1 aromatic carbocycles. The number of aromatic hydroxyl groups is 1. The van der Waals surface area contributed by atoms with E-state index in [0.717, 1.165) is 29.5 Å². The van der Waals surface area contributed by atoms with Crippen molar-refractivity contribution in [2.24, 2.45) is 0 Å². The third-order valence-corrected chi connectivity index (χ3v) is 4.16. The van der Waals surface area contributed by atoms with Crippen LogP contribution in [0, 0.1) is 0 Å². The number of phenolic OH excluding ortho intramolecular Hbond substituents is 1. The summed E-state index contributed by atoms with van der Waals surface area (Å²) in [5.74, 6) is 0.454. The molecule has 0 amide bonds. The van der Waals surface area contributed by atoms with E-state index in [1.54, 1.807) is 0 Å². The number of aliphatic hydroxyl groups is 1. The molecule has 0 saturated carbocycles. The van der Waals surface area contributed by atoms with Gasteiger partial charge in [0.1, 0.15) is 5.75 Å². The lowest BCUT2D eigenvalue weighted by molar-refractivity contribution is 0.299. The van der Waals surface area contributed by atoms with Gasteiger partial charge in [0.15, 0.2) is 0 Å². The van der Waals surface area contributed by atoms with Gasteiger partial charge in [0.05, 0.1) is 0 Å². The fourth-order valence-electron chi connectivity index (χ4n) is 2.77. The van der Waals surface area contributed by atoms with Gasteiger partial charge in [0.25, 0.3) is 0 Å². The molecule has 0 aliphatic rings. The summed E-state index contributed by atoms with van der Waals surface area (Å²) in [6.07, 6.45) is 6.21. The Morgan fingerprint density at radius 1 is 1.10 bits per heavy atom. The van der Waals surface area contributed by atoms with Gasteiger partial charge in [0.2, 0.25) is 0 Å².